The summed E-state index contributed by atoms with van der Waals surface area (Å²) in [5.74, 6) is 2.02. The molecule has 1 heterocycles. The Balaban J connectivity index is 2.99. The van der Waals surface area contributed by atoms with E-state index in [-0.39, 0.29) is 0 Å². The van der Waals surface area contributed by atoms with Crippen molar-refractivity contribution in [2.45, 2.75) is 27.2 Å². The van der Waals surface area contributed by atoms with Gasteiger partial charge in [-0.25, -0.2) is 9.97 Å². The molecule has 0 aliphatic carbocycles. The fraction of sp³-hybridized carbons (Fsp3) is 0.556. The fourth-order valence-electron chi connectivity index (χ4n) is 1.10. The van der Waals surface area contributed by atoms with E-state index >= 15 is 0 Å². The normalized spacial score (nSPS) is 10.8. The van der Waals surface area contributed by atoms with Gasteiger partial charge in [0.15, 0.2) is 0 Å². The predicted octanol–water partition coefficient (Wildman–Crippen LogP) is 2.17. The number of rotatable bonds is 2. The lowest BCUT2D eigenvalue weighted by molar-refractivity contribution is 0.619. The fourth-order valence-corrected chi connectivity index (χ4v) is 1.34. The second-order valence-electron chi connectivity index (χ2n) is 3.52. The third kappa shape index (κ3) is 2.79. The smallest absolute Gasteiger partial charge is 0.140 e. The number of hydrogen-bond acceptors (Lipinski definition) is 3. The molecule has 1 rings (SSSR count). The van der Waals surface area contributed by atoms with Crippen molar-refractivity contribution in [3.63, 3.8) is 0 Å². The minimum atomic E-state index is 0.568. The van der Waals surface area contributed by atoms with Gasteiger partial charge in [-0.1, -0.05) is 13.8 Å². The van der Waals surface area contributed by atoms with Crippen LogP contribution >= 0.6 is 22.6 Å². The molecule has 72 valence electrons. The van der Waals surface area contributed by atoms with Crippen molar-refractivity contribution < 1.29 is 0 Å². The molecule has 4 heteroatoms. The van der Waals surface area contributed by atoms with Crippen molar-refractivity contribution in [1.29, 1.82) is 0 Å². The second kappa shape index (κ2) is 4.21. The second-order valence-corrected chi connectivity index (χ2v) is 4.60. The summed E-state index contributed by atoms with van der Waals surface area (Å²) in [6.07, 6.45) is 0.891. The molecule has 0 spiro atoms. The monoisotopic (exact) mass is 291 g/mol. The molecule has 13 heavy (non-hydrogen) atoms. The Morgan fingerprint density at radius 3 is 2.46 bits per heavy atom. The molecule has 0 aliphatic rings. The first-order valence-corrected chi connectivity index (χ1v) is 5.37. The Morgan fingerprint density at radius 2 is 2.00 bits per heavy atom. The van der Waals surface area contributed by atoms with Gasteiger partial charge in [-0.15, -0.1) is 0 Å². The Kier molecular flexibility index (Phi) is 3.47. The van der Waals surface area contributed by atoms with E-state index in [1.165, 1.54) is 0 Å². The highest BCUT2D eigenvalue weighted by Gasteiger charge is 2.07. The summed E-state index contributed by atoms with van der Waals surface area (Å²) in [6, 6.07) is 0. The first-order chi connectivity index (χ1) is 6.00. The summed E-state index contributed by atoms with van der Waals surface area (Å²) in [5.41, 5.74) is 6.71. The molecule has 2 N–H and O–H groups in total. The lowest BCUT2D eigenvalue weighted by Crippen LogP contribution is -2.07. The molecule has 0 saturated heterocycles. The summed E-state index contributed by atoms with van der Waals surface area (Å²) in [6.45, 7) is 6.25. The van der Waals surface area contributed by atoms with Gasteiger partial charge in [0, 0.05) is 6.42 Å². The van der Waals surface area contributed by atoms with Crippen LogP contribution in [0.15, 0.2) is 0 Å². The van der Waals surface area contributed by atoms with Gasteiger partial charge in [0.2, 0.25) is 0 Å². The molecular weight excluding hydrogens is 277 g/mol. The topological polar surface area (TPSA) is 51.8 Å². The number of nitrogens with two attached hydrogens (primary N) is 1. The molecule has 0 bridgehead atoms. The van der Waals surface area contributed by atoms with E-state index in [1.807, 2.05) is 6.92 Å². The van der Waals surface area contributed by atoms with Crippen LogP contribution in [-0.4, -0.2) is 9.97 Å². The van der Waals surface area contributed by atoms with Gasteiger partial charge < -0.3 is 5.73 Å². The highest BCUT2D eigenvalue weighted by Crippen LogP contribution is 2.16. The molecular formula is C9H14IN3. The minimum Gasteiger partial charge on any atom is -0.383 e. The quantitative estimate of drug-likeness (QED) is 0.850. The molecule has 0 fully saturated rings. The van der Waals surface area contributed by atoms with Gasteiger partial charge >= 0.3 is 0 Å². The molecule has 0 atom stereocenters. The maximum absolute atomic E-state index is 5.74. The Labute approximate surface area is 92.3 Å². The van der Waals surface area contributed by atoms with Crippen molar-refractivity contribution >= 4 is 28.4 Å². The lowest BCUT2D eigenvalue weighted by Gasteiger charge is -2.07. The van der Waals surface area contributed by atoms with Crippen molar-refractivity contribution in [3.05, 3.63) is 15.1 Å². The summed E-state index contributed by atoms with van der Waals surface area (Å²) >= 11 is 2.17. The minimum absolute atomic E-state index is 0.568. The van der Waals surface area contributed by atoms with E-state index < -0.39 is 0 Å². The largest absolute Gasteiger partial charge is 0.383 e. The van der Waals surface area contributed by atoms with E-state index in [0.717, 1.165) is 21.5 Å². The third-order valence-corrected chi connectivity index (χ3v) is 3.01. The summed E-state index contributed by atoms with van der Waals surface area (Å²) in [4.78, 5) is 8.61. The average molecular weight is 291 g/mol. The molecule has 0 saturated carbocycles. The van der Waals surface area contributed by atoms with E-state index in [1.54, 1.807) is 0 Å². The van der Waals surface area contributed by atoms with Gasteiger partial charge in [0.1, 0.15) is 11.6 Å². The van der Waals surface area contributed by atoms with E-state index in [0.29, 0.717) is 11.7 Å². The van der Waals surface area contributed by atoms with Crippen LogP contribution in [-0.2, 0) is 6.42 Å². The van der Waals surface area contributed by atoms with Gasteiger partial charge in [-0.3, -0.25) is 0 Å². The molecule has 0 amide bonds. The average Bonchev–Trinajstić information content (AvgIpc) is 1.98. The molecule has 0 aromatic carbocycles. The van der Waals surface area contributed by atoms with Crippen LogP contribution in [0.25, 0.3) is 0 Å². The maximum atomic E-state index is 5.74. The maximum Gasteiger partial charge on any atom is 0.140 e. The summed E-state index contributed by atoms with van der Waals surface area (Å²) in [7, 11) is 0. The van der Waals surface area contributed by atoms with Crippen LogP contribution in [0.3, 0.4) is 0 Å². The summed E-state index contributed by atoms with van der Waals surface area (Å²) in [5, 5.41) is 0. The van der Waals surface area contributed by atoms with Crippen LogP contribution in [0.2, 0.25) is 0 Å². The number of hydrogen-bond donors (Lipinski definition) is 1. The summed E-state index contributed by atoms with van der Waals surface area (Å²) < 4.78 is 0.963. The van der Waals surface area contributed by atoms with Crippen LogP contribution in [0.5, 0.6) is 0 Å². The molecule has 0 unspecified atom stereocenters. The van der Waals surface area contributed by atoms with E-state index in [4.69, 9.17) is 5.73 Å². The van der Waals surface area contributed by atoms with Crippen molar-refractivity contribution in [1.82, 2.24) is 9.97 Å². The van der Waals surface area contributed by atoms with E-state index in [9.17, 15) is 0 Å². The van der Waals surface area contributed by atoms with Gasteiger partial charge in [0.25, 0.3) is 0 Å². The zero-order valence-corrected chi connectivity index (χ0v) is 10.3. The predicted molar refractivity (Wildman–Crippen MR) is 62.4 cm³/mol. The molecule has 3 nitrogen and oxygen atoms in total. The van der Waals surface area contributed by atoms with Crippen molar-refractivity contribution in [3.8, 4) is 0 Å². The Morgan fingerprint density at radius 1 is 1.38 bits per heavy atom. The van der Waals surface area contributed by atoms with Crippen molar-refractivity contribution in [2.24, 2.45) is 5.92 Å². The highest BCUT2D eigenvalue weighted by atomic mass is 127. The zero-order chi connectivity index (χ0) is 10.0. The van der Waals surface area contributed by atoms with Crippen LogP contribution in [0.4, 0.5) is 5.82 Å². The Hall–Kier alpha value is -0.390. The first-order valence-electron chi connectivity index (χ1n) is 4.29. The lowest BCUT2D eigenvalue weighted by atomic mass is 10.1. The zero-order valence-electron chi connectivity index (χ0n) is 8.13. The number of aromatic nitrogens is 2. The Bertz CT molecular complexity index is 287. The molecule has 0 radical (unpaired) electrons. The molecule has 0 aliphatic heterocycles. The highest BCUT2D eigenvalue weighted by molar-refractivity contribution is 14.1. The number of nitrogen functional groups attached to an aromatic ring is 1. The van der Waals surface area contributed by atoms with Crippen LogP contribution in [0.1, 0.15) is 25.4 Å². The van der Waals surface area contributed by atoms with Gasteiger partial charge in [0.05, 0.1) is 9.26 Å². The number of nitrogens with zero attached hydrogens (tertiary/aromatic N) is 2. The number of halogens is 1. The standard InChI is InChI=1S/C9H14IN3/c1-5(2)4-7-12-6(3)8(10)9(11)13-7/h5H,4H2,1-3H3,(H2,11,12,13). The van der Waals surface area contributed by atoms with Gasteiger partial charge in [-0.2, -0.15) is 0 Å². The third-order valence-electron chi connectivity index (χ3n) is 1.68. The SMILES string of the molecule is Cc1nc(CC(C)C)nc(N)c1I. The number of aryl methyl sites for hydroxylation is 1. The van der Waals surface area contributed by atoms with Crippen LogP contribution < -0.4 is 5.73 Å². The van der Waals surface area contributed by atoms with E-state index in [2.05, 4.69) is 46.4 Å². The van der Waals surface area contributed by atoms with Crippen molar-refractivity contribution in [2.75, 3.05) is 5.73 Å². The molecule has 1 aromatic heterocycles. The number of anilines is 1. The van der Waals surface area contributed by atoms with Crippen LogP contribution in [0, 0.1) is 16.4 Å². The first kappa shape index (κ1) is 10.7. The van der Waals surface area contributed by atoms with Gasteiger partial charge in [-0.05, 0) is 35.4 Å². The molecule has 1 aromatic rings.